The van der Waals surface area contributed by atoms with Gasteiger partial charge in [-0.05, 0) is 334 Å². The average Bonchev–Trinajstić information content (AvgIpc) is 1.58. The highest BCUT2D eigenvalue weighted by molar-refractivity contribution is 7.88. The summed E-state index contributed by atoms with van der Waals surface area (Å²) < 4.78 is 108. The number of hydrogen-bond donors (Lipinski definition) is 2. The Labute approximate surface area is 827 Å². The fourth-order valence-electron chi connectivity index (χ4n) is 20.4. The maximum atomic E-state index is 12.9. The van der Waals surface area contributed by atoms with Gasteiger partial charge in [0, 0.05) is 77.8 Å². The number of hydrogen-bond acceptors (Lipinski definition) is 21. The highest BCUT2D eigenvalue weighted by atomic mass is 32.2. The molecule has 0 spiro atoms. The van der Waals surface area contributed by atoms with Crippen LogP contribution in [0, 0.1) is 0 Å². The highest BCUT2D eigenvalue weighted by Crippen LogP contribution is 2.49. The van der Waals surface area contributed by atoms with Gasteiger partial charge >= 0.3 is 51.4 Å². The second kappa shape index (κ2) is 52.3. The Bertz CT molecular complexity index is 5970. The highest BCUT2D eigenvalue weighted by Gasteiger charge is 2.49. The number of nitrogens with zero attached hydrogens (tertiary/aromatic N) is 2. The molecular weight excluding hydrogens is 1840 g/mol. The maximum absolute atomic E-state index is 12.9. The van der Waals surface area contributed by atoms with Crippen LogP contribution in [0.1, 0.15) is 350 Å². The van der Waals surface area contributed by atoms with Crippen molar-refractivity contribution in [3.63, 3.8) is 0 Å². The summed E-state index contributed by atoms with van der Waals surface area (Å²) in [5.74, 6) is -3.69. The molecule has 7 fully saturated rings. The van der Waals surface area contributed by atoms with Gasteiger partial charge in [0.15, 0.2) is 17.3 Å². The smallest absolute Gasteiger partial charge is 0.478 e. The van der Waals surface area contributed by atoms with Gasteiger partial charge in [-0.15, -0.1) is 0 Å². The zero-order chi connectivity index (χ0) is 101. The van der Waals surface area contributed by atoms with E-state index < -0.39 is 51.0 Å². The number of rotatable bonds is 26. The third kappa shape index (κ3) is 29.2. The van der Waals surface area contributed by atoms with Crippen molar-refractivity contribution in [3.8, 4) is 50.3 Å². The van der Waals surface area contributed by atoms with Crippen LogP contribution >= 0.6 is 0 Å². The number of esters is 4. The molecule has 9 aromatic rings. The molecule has 0 radical (unpaired) electrons. The van der Waals surface area contributed by atoms with Crippen LogP contribution in [0.3, 0.4) is 0 Å². The summed E-state index contributed by atoms with van der Waals surface area (Å²) in [6.45, 7) is 5.94. The van der Waals surface area contributed by atoms with Crippen molar-refractivity contribution in [3.05, 3.63) is 249 Å². The molecule has 754 valence electrons. The lowest BCUT2D eigenvalue weighted by Gasteiger charge is -2.26. The first kappa shape index (κ1) is 107. The van der Waals surface area contributed by atoms with E-state index in [1.165, 1.54) is 118 Å². The number of methoxy groups -OCH3 is 4. The second-order valence-electron chi connectivity index (χ2n) is 37.1. The number of benzene rings is 5. The van der Waals surface area contributed by atoms with Gasteiger partial charge in [0.2, 0.25) is 11.8 Å². The van der Waals surface area contributed by atoms with E-state index in [-0.39, 0.29) is 57.7 Å². The van der Waals surface area contributed by atoms with Crippen molar-refractivity contribution in [2.75, 3.05) is 54.6 Å². The molecule has 5 saturated carbocycles. The lowest BCUT2D eigenvalue weighted by atomic mass is 9.79. The van der Waals surface area contributed by atoms with Gasteiger partial charge in [-0.1, -0.05) is 102 Å². The van der Waals surface area contributed by atoms with Gasteiger partial charge < -0.3 is 60.8 Å². The predicted octanol–water partition coefficient (Wildman–Crippen LogP) is 26.1. The minimum atomic E-state index is -5.95. The summed E-state index contributed by atoms with van der Waals surface area (Å²) in [5, 5.41) is 18.8. The lowest BCUT2D eigenvalue weighted by Crippen LogP contribution is -2.34. The van der Waals surface area contributed by atoms with Gasteiger partial charge in [0.25, 0.3) is 0 Å². The van der Waals surface area contributed by atoms with Crippen molar-refractivity contribution < 1.29 is 121 Å². The molecule has 5 aromatic carbocycles. The normalized spacial score (nSPS) is 16.6. The van der Waals surface area contributed by atoms with Gasteiger partial charge in [0.1, 0.15) is 0 Å². The summed E-state index contributed by atoms with van der Waals surface area (Å²) >= 11 is 0. The summed E-state index contributed by atoms with van der Waals surface area (Å²) in [5.41, 5.74) is 11.5. The number of piperidine rings is 2. The van der Waals surface area contributed by atoms with Crippen LogP contribution in [-0.2, 0) is 53.0 Å². The zero-order valence-electron chi connectivity index (χ0n) is 81.5. The topological polar surface area (TPSA) is 350 Å². The summed E-state index contributed by atoms with van der Waals surface area (Å²) in [6.07, 6.45) is 61.6. The van der Waals surface area contributed by atoms with E-state index in [0.29, 0.717) is 58.8 Å². The van der Waals surface area contributed by atoms with E-state index >= 15 is 0 Å². The van der Waals surface area contributed by atoms with Crippen molar-refractivity contribution in [2.24, 2.45) is 0 Å². The number of ketones is 2. The summed E-state index contributed by atoms with van der Waals surface area (Å²) in [4.78, 5) is 124. The number of carboxylic acid groups (broad SMARTS) is 2. The largest absolute Gasteiger partial charge is 0.534 e. The summed E-state index contributed by atoms with van der Waals surface area (Å²) in [7, 11) is -0.664. The van der Waals surface area contributed by atoms with E-state index in [2.05, 4.69) is 8.92 Å². The minimum Gasteiger partial charge on any atom is -0.478 e. The Hall–Kier alpha value is -13.4. The number of halogens is 3. The molecule has 0 bridgehead atoms. The SMILES string of the molecule is COC(=O)c1cc(/C=C/C(=O)N2CCCCC2)c(-c2ccoc2)c(C2CCCCC2)c1.COC(=O)c1cc(/C=C/C(=O)O)c(-c2ccoc2)c(C2CCCCC2)c1.COC(=O)c1cc(/C=C/C(C)=O)c(-c2ccoc2)c(C2CCCCC2)c1.COC(=O)c1cc(/C=C/C(C)=O)c(OS(=O)(=O)C(F)(F)F)c(C2CCCCC2)c1.O=C(O)c1cc(/C=C/C(=O)N2CCCCC2)c(-c2ccoc2)c(C2CCCCC2)c1. The van der Waals surface area contributed by atoms with E-state index in [4.69, 9.17) is 37.0 Å². The second-order valence-corrected chi connectivity index (χ2v) is 38.6. The van der Waals surface area contributed by atoms with Crippen LogP contribution in [0.25, 0.3) is 74.9 Å². The van der Waals surface area contributed by atoms with Crippen LogP contribution in [0.15, 0.2) is 183 Å². The molecule has 2 aliphatic heterocycles. The molecule has 0 unspecified atom stereocenters. The number of likely N-dealkylation sites (tertiary alicyclic amines) is 2. The van der Waals surface area contributed by atoms with Crippen molar-refractivity contribution >= 4 is 99.7 Å². The summed E-state index contributed by atoms with van der Waals surface area (Å²) in [6, 6.07) is 24.7. The Morgan fingerprint density at radius 2 is 0.585 bits per heavy atom. The lowest BCUT2D eigenvalue weighted by molar-refractivity contribution is -0.131. The number of aromatic carboxylic acids is 1. The molecule has 2 N–H and O–H groups in total. The third-order valence-electron chi connectivity index (χ3n) is 27.4. The molecule has 2 amide bonds. The number of allylic oxidation sites excluding steroid dienone is 2. The van der Waals surface area contributed by atoms with E-state index in [1.54, 1.807) is 92.6 Å². The van der Waals surface area contributed by atoms with Gasteiger partial charge in [-0.25, -0.2) is 28.8 Å². The van der Waals surface area contributed by atoms with Crippen molar-refractivity contribution in [1.82, 2.24) is 9.80 Å². The maximum Gasteiger partial charge on any atom is 0.534 e. The van der Waals surface area contributed by atoms with Gasteiger partial charge in [0.05, 0.1) is 106 Å². The van der Waals surface area contributed by atoms with Crippen molar-refractivity contribution in [1.29, 1.82) is 0 Å². The number of carboxylic acids is 2. The fourth-order valence-corrected chi connectivity index (χ4v) is 20.9. The fraction of sp³-hybridized carbons (Fsp3) is 0.416. The Kier molecular flexibility index (Phi) is 39.6. The minimum absolute atomic E-state index is 0.00668. The first-order valence-corrected chi connectivity index (χ1v) is 50.7. The van der Waals surface area contributed by atoms with Crippen LogP contribution < -0.4 is 4.18 Å². The molecule has 29 heteroatoms. The van der Waals surface area contributed by atoms with Gasteiger partial charge in [-0.3, -0.25) is 19.2 Å². The van der Waals surface area contributed by atoms with Gasteiger partial charge in [-0.2, -0.15) is 21.6 Å². The molecule has 16 rings (SSSR count). The van der Waals surface area contributed by atoms with Crippen molar-refractivity contribution in [2.45, 2.75) is 248 Å². The zero-order valence-corrected chi connectivity index (χ0v) is 82.3. The number of alkyl halides is 3. The Morgan fingerprint density at radius 1 is 0.338 bits per heavy atom. The monoisotopic (exact) mass is 1970 g/mol. The third-order valence-corrected chi connectivity index (χ3v) is 28.3. The van der Waals surface area contributed by atoms with E-state index in [1.807, 2.05) is 70.5 Å². The van der Waals surface area contributed by atoms with E-state index in [9.17, 15) is 74.6 Å². The predicted molar refractivity (Wildman–Crippen MR) is 535 cm³/mol. The molecule has 0 atom stereocenters. The standard InChI is InChI=1S/C26H31NO4.C25H29NO4.C22H24O4.C21H22O5.C19H21F3O6S/c1-30-26(29)22-16-20(10-11-24(28)27-13-6-3-7-14-27)25(21-12-15-31-18-21)23(17-22)19-8-4-2-5-9-19;27-23(26-12-5-2-6-13-26)10-9-19-15-21(25(28)29)16-22(18-7-3-1-4-8-18)24(19)20-11-14-30-17-20;1-15(23)8-9-17-12-19(22(24)25-2)13-20(16-6-4-3-5-7-16)21(17)18-10-11-26-14-18;1-25-21(24)17-11-15(7-8-19(22)23)20(16-9-10-26-13-16)18(12-17)14-5-3-2-4-6-14;1-12(23)8-9-14-10-15(18(24)27-2)11-16(13-6-4-3-5-7-13)17(14)28-29(25,26)19(20,21)22/h10-12,15-19H,2-9,13-14H2,1H3;9-11,14-18H,1-8,12-13H2,(H,28,29);8-14,16H,3-7H2,1-2H3;7-14H,2-6H2,1H3,(H,22,23);8-11,13H,3-7H2,1-2H3/b11-10+;10-9+;9-8+;8-7+;9-8+. The molecule has 142 heavy (non-hydrogen) atoms. The number of carbonyl (C=O) groups is 10. The molecular formula is C113H127F3N2O23S. The molecule has 5 aliphatic carbocycles. The quantitative estimate of drug-likeness (QED) is 0.0167. The first-order valence-electron chi connectivity index (χ1n) is 49.3. The van der Waals surface area contributed by atoms with Crippen LogP contribution in [-0.4, -0.2) is 148 Å². The molecule has 4 aromatic heterocycles. The number of aliphatic carboxylic acids is 1. The number of carbonyl (C=O) groups excluding carboxylic acids is 8. The molecule has 25 nitrogen and oxygen atoms in total. The average molecular weight is 1970 g/mol. The number of ether oxygens (including phenoxy) is 4. The Morgan fingerprint density at radius 3 is 0.845 bits per heavy atom. The van der Waals surface area contributed by atoms with Crippen LogP contribution in [0.5, 0.6) is 5.75 Å². The Balaban J connectivity index is 0.000000159. The van der Waals surface area contributed by atoms with Crippen LogP contribution in [0.2, 0.25) is 0 Å². The van der Waals surface area contributed by atoms with Crippen LogP contribution in [0.4, 0.5) is 13.2 Å². The molecule has 7 aliphatic rings. The number of furan rings is 4. The van der Waals surface area contributed by atoms with E-state index in [0.717, 1.165) is 263 Å². The molecule has 6 heterocycles. The molecule has 2 saturated heterocycles. The first-order chi connectivity index (χ1) is 68.5. The number of amides is 2.